The van der Waals surface area contributed by atoms with Crippen molar-refractivity contribution in [1.29, 1.82) is 0 Å². The van der Waals surface area contributed by atoms with Crippen LogP contribution in [-0.4, -0.2) is 25.8 Å². The summed E-state index contributed by atoms with van der Waals surface area (Å²) in [5, 5.41) is 17.8. The van der Waals surface area contributed by atoms with Crippen LogP contribution in [0, 0.1) is 6.92 Å². The fourth-order valence-corrected chi connectivity index (χ4v) is 2.97. The zero-order valence-corrected chi connectivity index (χ0v) is 14.7. The van der Waals surface area contributed by atoms with Crippen molar-refractivity contribution in [2.45, 2.75) is 13.5 Å². The highest BCUT2D eigenvalue weighted by atomic mass is 35.5. The Morgan fingerprint density at radius 3 is 2.64 bits per heavy atom. The molecule has 0 atom stereocenters. The van der Waals surface area contributed by atoms with Crippen molar-refractivity contribution in [1.82, 2.24) is 20.2 Å². The number of aryl methyl sites for hydroxylation is 1. The first kappa shape index (κ1) is 17.6. The van der Waals surface area contributed by atoms with E-state index in [9.17, 15) is 4.79 Å². The third kappa shape index (κ3) is 3.43. The molecule has 3 aromatic rings. The number of halogens is 2. The second-order valence-electron chi connectivity index (χ2n) is 5.30. The highest BCUT2D eigenvalue weighted by molar-refractivity contribution is 6.35. The Kier molecular flexibility index (Phi) is 5.15. The second kappa shape index (κ2) is 7.33. The van der Waals surface area contributed by atoms with Crippen molar-refractivity contribution >= 4 is 29.0 Å². The Morgan fingerprint density at radius 2 is 1.92 bits per heavy atom. The maximum Gasteiger partial charge on any atom is 0.196 e. The van der Waals surface area contributed by atoms with E-state index < -0.39 is 0 Å². The van der Waals surface area contributed by atoms with Gasteiger partial charge in [-0.25, -0.2) is 0 Å². The van der Waals surface area contributed by atoms with Gasteiger partial charge in [0.1, 0.15) is 5.82 Å². The lowest BCUT2D eigenvalue weighted by Gasteiger charge is -2.14. The van der Waals surface area contributed by atoms with Crippen LogP contribution in [0.5, 0.6) is 0 Å². The van der Waals surface area contributed by atoms with Gasteiger partial charge in [0.25, 0.3) is 0 Å². The van der Waals surface area contributed by atoms with E-state index in [4.69, 9.17) is 28.4 Å². The Morgan fingerprint density at radius 1 is 1.16 bits per heavy atom. The molecule has 0 saturated carbocycles. The van der Waals surface area contributed by atoms with E-state index in [1.807, 2.05) is 0 Å². The summed E-state index contributed by atoms with van der Waals surface area (Å²) in [5.41, 5.74) is 3.35. The van der Waals surface area contributed by atoms with Crippen LogP contribution in [0.1, 0.15) is 27.6 Å². The molecule has 6 nitrogen and oxygen atoms in total. The quantitative estimate of drug-likeness (QED) is 0.525. The fourth-order valence-electron chi connectivity index (χ4n) is 2.58. The summed E-state index contributed by atoms with van der Waals surface area (Å²) < 4.78 is 1.68. The van der Waals surface area contributed by atoms with E-state index in [-0.39, 0.29) is 12.3 Å². The molecular weight excluding hydrogens is 363 g/mol. The summed E-state index contributed by atoms with van der Waals surface area (Å²) in [6.45, 7) is 1.83. The minimum atomic E-state index is -0.265. The normalized spacial score (nSPS) is 10.9. The number of ketones is 1. The molecule has 0 saturated heterocycles. The van der Waals surface area contributed by atoms with Gasteiger partial charge in [-0.3, -0.25) is 9.36 Å². The number of nitrogens with one attached hydrogen (secondary N) is 1. The van der Waals surface area contributed by atoms with Crippen LogP contribution in [0.25, 0.3) is 5.69 Å². The first-order chi connectivity index (χ1) is 12.0. The fraction of sp³-hybridized carbons (Fsp3) is 0.118. The summed E-state index contributed by atoms with van der Waals surface area (Å²) in [4.78, 5) is 13.1. The van der Waals surface area contributed by atoms with Crippen LogP contribution in [0.15, 0.2) is 42.5 Å². The average molecular weight is 377 g/mol. The van der Waals surface area contributed by atoms with E-state index in [0.29, 0.717) is 38.5 Å². The standard InChI is InChI=1S/C17H14Cl2N4O2/c1-10-21-22-16(9-20-25)23(10)15-7-6-11(18)8-13(15)17(24)12-4-2-3-5-14(12)19/h2-8,20,25H,9H2,1H3. The Bertz CT molecular complexity index is 940. The largest absolute Gasteiger partial charge is 0.316 e. The van der Waals surface area contributed by atoms with Crippen LogP contribution < -0.4 is 5.48 Å². The molecular formula is C17H14Cl2N4O2. The third-order valence-corrected chi connectivity index (χ3v) is 4.26. The lowest BCUT2D eigenvalue weighted by molar-refractivity contribution is 0.103. The molecule has 0 amide bonds. The van der Waals surface area contributed by atoms with Crippen LogP contribution >= 0.6 is 23.2 Å². The predicted octanol–water partition coefficient (Wildman–Crippen LogP) is 3.59. The van der Waals surface area contributed by atoms with Crippen molar-refractivity contribution in [3.8, 4) is 5.69 Å². The number of benzene rings is 2. The molecule has 0 spiro atoms. The Balaban J connectivity index is 2.20. The predicted molar refractivity (Wildman–Crippen MR) is 94.6 cm³/mol. The van der Waals surface area contributed by atoms with E-state index in [1.54, 1.807) is 54.0 Å². The summed E-state index contributed by atoms with van der Waals surface area (Å²) in [6.07, 6.45) is 0. The van der Waals surface area contributed by atoms with Gasteiger partial charge in [-0.1, -0.05) is 35.3 Å². The molecule has 0 bridgehead atoms. The van der Waals surface area contributed by atoms with Gasteiger partial charge in [0, 0.05) is 16.1 Å². The van der Waals surface area contributed by atoms with E-state index in [1.165, 1.54) is 0 Å². The molecule has 0 aliphatic carbocycles. The Hall–Kier alpha value is -2.25. The number of hydroxylamine groups is 1. The summed E-state index contributed by atoms with van der Waals surface area (Å²) in [5.74, 6) is 0.760. The second-order valence-corrected chi connectivity index (χ2v) is 6.15. The van der Waals surface area contributed by atoms with Crippen molar-refractivity contribution in [2.75, 3.05) is 0 Å². The van der Waals surface area contributed by atoms with Crippen molar-refractivity contribution in [3.63, 3.8) is 0 Å². The van der Waals surface area contributed by atoms with Gasteiger partial charge in [-0.05, 0) is 37.3 Å². The molecule has 0 fully saturated rings. The molecule has 1 heterocycles. The monoisotopic (exact) mass is 376 g/mol. The molecule has 8 heteroatoms. The minimum Gasteiger partial charge on any atom is -0.316 e. The number of carbonyl (C=O) groups excluding carboxylic acids is 1. The van der Waals surface area contributed by atoms with Crippen LogP contribution in [0.3, 0.4) is 0 Å². The lowest BCUT2D eigenvalue weighted by atomic mass is 10.0. The van der Waals surface area contributed by atoms with Crippen molar-refractivity contribution in [3.05, 3.63) is 75.3 Å². The number of carbonyl (C=O) groups is 1. The lowest BCUT2D eigenvalue weighted by Crippen LogP contribution is -2.15. The van der Waals surface area contributed by atoms with Gasteiger partial charge < -0.3 is 5.21 Å². The molecule has 0 unspecified atom stereocenters. The van der Waals surface area contributed by atoms with Gasteiger partial charge in [0.2, 0.25) is 0 Å². The molecule has 0 radical (unpaired) electrons. The zero-order valence-electron chi connectivity index (χ0n) is 13.2. The first-order valence-electron chi connectivity index (χ1n) is 7.40. The highest BCUT2D eigenvalue weighted by Crippen LogP contribution is 2.27. The number of nitrogens with zero attached hydrogens (tertiary/aromatic N) is 3. The van der Waals surface area contributed by atoms with E-state index in [0.717, 1.165) is 0 Å². The molecule has 25 heavy (non-hydrogen) atoms. The van der Waals surface area contributed by atoms with Crippen LogP contribution in [0.2, 0.25) is 10.0 Å². The van der Waals surface area contributed by atoms with Crippen molar-refractivity contribution in [2.24, 2.45) is 0 Å². The molecule has 1 aromatic heterocycles. The maximum absolute atomic E-state index is 13.1. The summed E-state index contributed by atoms with van der Waals surface area (Å²) >= 11 is 12.3. The SMILES string of the molecule is Cc1nnc(CNO)n1-c1ccc(Cl)cc1C(=O)c1ccccc1Cl. The molecule has 2 aromatic carbocycles. The Labute approximate surface area is 154 Å². The van der Waals surface area contributed by atoms with Gasteiger partial charge in [-0.2, -0.15) is 5.48 Å². The smallest absolute Gasteiger partial charge is 0.196 e. The van der Waals surface area contributed by atoms with E-state index in [2.05, 4.69) is 15.7 Å². The van der Waals surface area contributed by atoms with Gasteiger partial charge in [0.15, 0.2) is 11.6 Å². The van der Waals surface area contributed by atoms with Gasteiger partial charge in [0.05, 0.1) is 17.3 Å². The number of rotatable bonds is 5. The molecule has 2 N–H and O–H groups in total. The summed E-state index contributed by atoms with van der Waals surface area (Å²) in [6, 6.07) is 11.8. The molecule has 0 aliphatic rings. The van der Waals surface area contributed by atoms with Crippen molar-refractivity contribution < 1.29 is 10.0 Å². The number of hydrogen-bond donors (Lipinski definition) is 2. The highest BCUT2D eigenvalue weighted by Gasteiger charge is 2.21. The van der Waals surface area contributed by atoms with Gasteiger partial charge >= 0.3 is 0 Å². The number of aromatic nitrogens is 3. The minimum absolute atomic E-state index is 0.0726. The molecule has 128 valence electrons. The maximum atomic E-state index is 13.1. The third-order valence-electron chi connectivity index (χ3n) is 3.69. The zero-order chi connectivity index (χ0) is 18.0. The van der Waals surface area contributed by atoms with E-state index >= 15 is 0 Å². The van der Waals surface area contributed by atoms with Crippen LogP contribution in [0.4, 0.5) is 0 Å². The topological polar surface area (TPSA) is 80.0 Å². The number of hydrogen-bond acceptors (Lipinski definition) is 5. The molecule has 3 rings (SSSR count). The molecule has 0 aliphatic heterocycles. The van der Waals surface area contributed by atoms with Gasteiger partial charge in [-0.15, -0.1) is 10.2 Å². The van der Waals surface area contributed by atoms with Crippen LogP contribution in [-0.2, 0) is 6.54 Å². The average Bonchev–Trinajstić information content (AvgIpc) is 2.96. The summed E-state index contributed by atoms with van der Waals surface area (Å²) in [7, 11) is 0. The first-order valence-corrected chi connectivity index (χ1v) is 8.15.